The quantitative estimate of drug-likeness (QED) is 0.861. The second kappa shape index (κ2) is 4.83. The van der Waals surface area contributed by atoms with Crippen LogP contribution in [0.1, 0.15) is 53.1 Å². The fraction of sp³-hybridized carbons (Fsp3) is 0.562. The monoisotopic (exact) mass is 334 g/mol. The van der Waals surface area contributed by atoms with E-state index in [4.69, 9.17) is 9.47 Å². The predicted octanol–water partition coefficient (Wildman–Crippen LogP) is 0.851. The van der Waals surface area contributed by atoms with Crippen molar-refractivity contribution in [3.63, 3.8) is 0 Å². The number of carbonyl (C=O) groups is 2. The molecule has 1 amide bonds. The van der Waals surface area contributed by atoms with E-state index in [0.29, 0.717) is 13.0 Å². The largest absolute Gasteiger partial charge is 0.491 e. The van der Waals surface area contributed by atoms with Crippen molar-refractivity contribution in [2.24, 2.45) is 0 Å². The Morgan fingerprint density at radius 3 is 2.88 bits per heavy atom. The van der Waals surface area contributed by atoms with Gasteiger partial charge < -0.3 is 24.0 Å². The highest BCUT2D eigenvalue weighted by atomic mass is 16.5. The molecule has 128 valence electrons. The number of ether oxygens (including phenoxy) is 2. The van der Waals surface area contributed by atoms with Crippen LogP contribution in [-0.4, -0.2) is 51.9 Å². The van der Waals surface area contributed by atoms with Crippen molar-refractivity contribution in [1.82, 2.24) is 9.47 Å². The molecule has 3 aliphatic rings. The summed E-state index contributed by atoms with van der Waals surface area (Å²) in [4.78, 5) is 38.7. The van der Waals surface area contributed by atoms with Gasteiger partial charge in [-0.3, -0.25) is 9.59 Å². The van der Waals surface area contributed by atoms with Gasteiger partial charge in [-0.1, -0.05) is 0 Å². The van der Waals surface area contributed by atoms with Crippen LogP contribution in [0.5, 0.6) is 5.75 Å². The molecule has 1 aliphatic carbocycles. The number of amides is 1. The minimum atomic E-state index is -1.34. The van der Waals surface area contributed by atoms with E-state index < -0.39 is 22.7 Å². The van der Waals surface area contributed by atoms with Gasteiger partial charge in [0.1, 0.15) is 5.56 Å². The fourth-order valence-corrected chi connectivity index (χ4v) is 4.42. The highest BCUT2D eigenvalue weighted by Gasteiger charge is 2.60. The van der Waals surface area contributed by atoms with Crippen molar-refractivity contribution in [2.45, 2.75) is 44.0 Å². The Morgan fingerprint density at radius 1 is 1.46 bits per heavy atom. The van der Waals surface area contributed by atoms with Gasteiger partial charge in [0.05, 0.1) is 25.8 Å². The fourth-order valence-electron chi connectivity index (χ4n) is 4.42. The number of carboxylic acids is 1. The number of aromatic carboxylic acids is 1. The maximum Gasteiger partial charge on any atom is 0.341 e. The summed E-state index contributed by atoms with van der Waals surface area (Å²) in [6.07, 6.45) is 3.57. The number of hydrogen-bond donors (Lipinski definition) is 1. The molecule has 0 radical (unpaired) electrons. The van der Waals surface area contributed by atoms with Crippen LogP contribution >= 0.6 is 0 Å². The molecule has 3 atom stereocenters. The van der Waals surface area contributed by atoms with Crippen LogP contribution in [0.4, 0.5) is 0 Å². The van der Waals surface area contributed by atoms with E-state index in [1.165, 1.54) is 13.3 Å². The SMILES string of the molecule is COc1c2n(cc(C(=O)O)c1=O)[C@H]1CCC[C@]13OC[C@@H](C)N3C2=O. The molecular weight excluding hydrogens is 316 g/mol. The lowest BCUT2D eigenvalue weighted by molar-refractivity contribution is -0.101. The average molecular weight is 334 g/mol. The summed E-state index contributed by atoms with van der Waals surface area (Å²) in [7, 11) is 1.27. The van der Waals surface area contributed by atoms with E-state index >= 15 is 0 Å². The van der Waals surface area contributed by atoms with Gasteiger partial charge >= 0.3 is 5.97 Å². The lowest BCUT2D eigenvalue weighted by atomic mass is 9.98. The Kier molecular flexibility index (Phi) is 3.05. The van der Waals surface area contributed by atoms with Crippen molar-refractivity contribution in [2.75, 3.05) is 13.7 Å². The molecule has 2 fully saturated rings. The molecular formula is C16H18N2O6. The van der Waals surface area contributed by atoms with Crippen molar-refractivity contribution in [3.05, 3.63) is 27.7 Å². The molecule has 1 N–H and O–H groups in total. The maximum atomic E-state index is 13.1. The first-order valence-electron chi connectivity index (χ1n) is 7.96. The van der Waals surface area contributed by atoms with Crippen molar-refractivity contribution < 1.29 is 24.2 Å². The lowest BCUT2D eigenvalue weighted by Gasteiger charge is -2.45. The molecule has 1 saturated carbocycles. The molecule has 8 nitrogen and oxygen atoms in total. The number of nitrogens with zero attached hydrogens (tertiary/aromatic N) is 2. The average Bonchev–Trinajstić information content (AvgIpc) is 3.11. The smallest absolute Gasteiger partial charge is 0.341 e. The minimum Gasteiger partial charge on any atom is -0.491 e. The standard InChI is InChI=1S/C16H18N2O6/c1-8-7-24-16-5-3-4-10(16)17-6-9(15(21)22)12(19)13(23-2)11(17)14(20)18(8)16/h6,8,10H,3-5,7H2,1-2H3,(H,21,22)/t8-,10+,16+/m1/s1. The van der Waals surface area contributed by atoms with Crippen LogP contribution < -0.4 is 10.2 Å². The molecule has 24 heavy (non-hydrogen) atoms. The number of carbonyl (C=O) groups excluding carboxylic acids is 1. The van der Waals surface area contributed by atoms with Gasteiger partial charge in [0.25, 0.3) is 5.91 Å². The van der Waals surface area contributed by atoms with Crippen LogP contribution in [-0.2, 0) is 4.74 Å². The molecule has 1 aromatic heterocycles. The van der Waals surface area contributed by atoms with Gasteiger partial charge in [-0.2, -0.15) is 0 Å². The van der Waals surface area contributed by atoms with Crippen molar-refractivity contribution in [3.8, 4) is 5.75 Å². The van der Waals surface area contributed by atoms with Gasteiger partial charge in [0, 0.05) is 6.20 Å². The number of hydrogen-bond acceptors (Lipinski definition) is 5. The predicted molar refractivity (Wildman–Crippen MR) is 81.4 cm³/mol. The number of rotatable bonds is 2. The number of pyridine rings is 1. The maximum absolute atomic E-state index is 13.1. The second-order valence-corrected chi connectivity index (χ2v) is 6.55. The number of methoxy groups -OCH3 is 1. The first-order valence-corrected chi connectivity index (χ1v) is 7.96. The van der Waals surface area contributed by atoms with E-state index in [0.717, 1.165) is 12.8 Å². The number of carboxylic acid groups (broad SMARTS) is 1. The zero-order chi connectivity index (χ0) is 17.2. The summed E-state index contributed by atoms with van der Waals surface area (Å²) >= 11 is 0. The summed E-state index contributed by atoms with van der Waals surface area (Å²) in [6, 6.07) is -0.325. The van der Waals surface area contributed by atoms with E-state index in [1.54, 1.807) is 9.47 Å². The van der Waals surface area contributed by atoms with Gasteiger partial charge in [0.15, 0.2) is 17.2 Å². The zero-order valence-corrected chi connectivity index (χ0v) is 13.4. The number of fused-ring (bicyclic) bond motifs is 2. The number of aromatic nitrogens is 1. The summed E-state index contributed by atoms with van der Waals surface area (Å²) < 4.78 is 12.8. The van der Waals surface area contributed by atoms with Gasteiger partial charge in [-0.05, 0) is 26.2 Å². The zero-order valence-electron chi connectivity index (χ0n) is 13.4. The van der Waals surface area contributed by atoms with Crippen LogP contribution in [0.25, 0.3) is 0 Å². The van der Waals surface area contributed by atoms with Gasteiger partial charge in [-0.15, -0.1) is 0 Å². The third kappa shape index (κ3) is 1.64. The van der Waals surface area contributed by atoms with Crippen LogP contribution in [0, 0.1) is 0 Å². The highest BCUT2D eigenvalue weighted by Crippen LogP contribution is 2.52. The second-order valence-electron chi connectivity index (χ2n) is 6.55. The molecule has 1 spiro atoms. The Labute approximate surface area is 137 Å². The third-order valence-corrected chi connectivity index (χ3v) is 5.34. The Morgan fingerprint density at radius 2 is 2.21 bits per heavy atom. The van der Waals surface area contributed by atoms with E-state index in [-0.39, 0.29) is 29.4 Å². The molecule has 3 heterocycles. The molecule has 1 aromatic rings. The van der Waals surface area contributed by atoms with Gasteiger partial charge in [-0.25, -0.2) is 4.79 Å². The van der Waals surface area contributed by atoms with Gasteiger partial charge in [0.2, 0.25) is 5.43 Å². The van der Waals surface area contributed by atoms with Crippen molar-refractivity contribution in [1.29, 1.82) is 0 Å². The van der Waals surface area contributed by atoms with E-state index in [9.17, 15) is 19.5 Å². The molecule has 2 aliphatic heterocycles. The molecule has 0 bridgehead atoms. The topological polar surface area (TPSA) is 98.1 Å². The molecule has 0 aromatic carbocycles. The summed E-state index contributed by atoms with van der Waals surface area (Å²) in [5.41, 5.74) is -1.81. The first kappa shape index (κ1) is 15.2. The Balaban J connectivity index is 2.04. The third-order valence-electron chi connectivity index (χ3n) is 5.34. The molecule has 8 heteroatoms. The summed E-state index contributed by atoms with van der Waals surface area (Å²) in [6.45, 7) is 2.34. The van der Waals surface area contributed by atoms with Crippen molar-refractivity contribution >= 4 is 11.9 Å². The van der Waals surface area contributed by atoms with E-state index in [1.807, 2.05) is 6.92 Å². The molecule has 1 saturated heterocycles. The Bertz CT molecular complexity index is 816. The summed E-state index contributed by atoms with van der Waals surface area (Å²) in [5, 5.41) is 9.33. The highest BCUT2D eigenvalue weighted by molar-refractivity contribution is 5.98. The summed E-state index contributed by atoms with van der Waals surface area (Å²) in [5.74, 6) is -1.89. The van der Waals surface area contributed by atoms with E-state index in [2.05, 4.69) is 0 Å². The molecule has 0 unspecified atom stereocenters. The molecule has 4 rings (SSSR count). The first-order chi connectivity index (χ1) is 11.4. The Hall–Kier alpha value is -2.35. The lowest BCUT2D eigenvalue weighted by Crippen LogP contribution is -2.58. The van der Waals surface area contributed by atoms with Crippen LogP contribution in [0.3, 0.4) is 0 Å². The van der Waals surface area contributed by atoms with Crippen LogP contribution in [0.15, 0.2) is 11.0 Å². The van der Waals surface area contributed by atoms with Crippen LogP contribution in [0.2, 0.25) is 0 Å². The minimum absolute atomic E-state index is 0.106. The normalized spacial score (nSPS) is 30.8.